The number of rotatable bonds is 6. The number of ether oxygens (including phenoxy) is 1. The van der Waals surface area contributed by atoms with Crippen molar-refractivity contribution in [3.05, 3.63) is 53.5 Å². The number of hydrogen-bond donors (Lipinski definition) is 0. The van der Waals surface area contributed by atoms with E-state index in [4.69, 9.17) is 4.74 Å². The van der Waals surface area contributed by atoms with Crippen LogP contribution in [0.25, 0.3) is 0 Å². The van der Waals surface area contributed by atoms with Crippen LogP contribution < -0.4 is 4.90 Å². The van der Waals surface area contributed by atoms with Gasteiger partial charge in [0.2, 0.25) is 0 Å². The van der Waals surface area contributed by atoms with Crippen molar-refractivity contribution in [2.45, 2.75) is 20.5 Å². The van der Waals surface area contributed by atoms with E-state index in [1.807, 2.05) is 13.0 Å². The molecule has 0 atom stereocenters. The highest BCUT2D eigenvalue weighted by Crippen LogP contribution is 2.19. The first-order valence-electron chi connectivity index (χ1n) is 8.61. The van der Waals surface area contributed by atoms with Gasteiger partial charge in [0.15, 0.2) is 0 Å². The van der Waals surface area contributed by atoms with E-state index in [-0.39, 0.29) is 0 Å². The van der Waals surface area contributed by atoms with Gasteiger partial charge in [-0.1, -0.05) is 30.3 Å². The van der Waals surface area contributed by atoms with Gasteiger partial charge in [-0.25, -0.2) is 9.97 Å². The Kier molecular flexibility index (Phi) is 5.77. The van der Waals surface area contributed by atoms with Crippen LogP contribution in [0.4, 0.5) is 5.82 Å². The van der Waals surface area contributed by atoms with E-state index in [0.29, 0.717) is 6.61 Å². The first-order chi connectivity index (χ1) is 11.7. The molecule has 3 rings (SSSR count). The van der Waals surface area contributed by atoms with E-state index >= 15 is 0 Å². The normalized spacial score (nSPS) is 15.7. The molecule has 0 N–H and O–H groups in total. The van der Waals surface area contributed by atoms with Crippen LogP contribution in [0.15, 0.2) is 36.7 Å². The van der Waals surface area contributed by atoms with Crippen molar-refractivity contribution >= 4 is 5.82 Å². The predicted molar refractivity (Wildman–Crippen MR) is 96.3 cm³/mol. The molecule has 128 valence electrons. The summed E-state index contributed by atoms with van der Waals surface area (Å²) in [5, 5.41) is 0. The van der Waals surface area contributed by atoms with Gasteiger partial charge in [-0.15, -0.1) is 0 Å². The van der Waals surface area contributed by atoms with Gasteiger partial charge in [-0.3, -0.25) is 4.90 Å². The average Bonchev–Trinajstić information content (AvgIpc) is 2.63. The predicted octanol–water partition coefficient (Wildman–Crippen LogP) is 2.43. The molecule has 0 bridgehead atoms. The second-order valence-corrected chi connectivity index (χ2v) is 6.27. The lowest BCUT2D eigenvalue weighted by Gasteiger charge is -2.36. The summed E-state index contributed by atoms with van der Waals surface area (Å²) >= 11 is 0. The number of hydrogen-bond acceptors (Lipinski definition) is 5. The lowest BCUT2D eigenvalue weighted by molar-refractivity contribution is 0.0906. The zero-order chi connectivity index (χ0) is 16.8. The summed E-state index contributed by atoms with van der Waals surface area (Å²) in [6.07, 6.45) is 1.67. The maximum absolute atomic E-state index is 5.79. The molecule has 2 heterocycles. The van der Waals surface area contributed by atoms with Crippen LogP contribution in [-0.2, 0) is 11.3 Å². The molecule has 0 spiro atoms. The fourth-order valence-electron chi connectivity index (χ4n) is 2.99. The van der Waals surface area contributed by atoms with Crippen molar-refractivity contribution in [1.29, 1.82) is 0 Å². The third kappa shape index (κ3) is 4.30. The van der Waals surface area contributed by atoms with E-state index in [0.717, 1.165) is 50.8 Å². The first-order valence-corrected chi connectivity index (χ1v) is 8.61. The van der Waals surface area contributed by atoms with Crippen LogP contribution in [0.1, 0.15) is 16.8 Å². The van der Waals surface area contributed by atoms with Crippen LogP contribution in [0, 0.1) is 13.8 Å². The van der Waals surface area contributed by atoms with Crippen LogP contribution in [0.3, 0.4) is 0 Å². The van der Waals surface area contributed by atoms with Gasteiger partial charge < -0.3 is 9.64 Å². The summed E-state index contributed by atoms with van der Waals surface area (Å²) in [4.78, 5) is 13.6. The summed E-state index contributed by atoms with van der Waals surface area (Å²) in [5.41, 5.74) is 3.49. The Morgan fingerprint density at radius 3 is 2.50 bits per heavy atom. The summed E-state index contributed by atoms with van der Waals surface area (Å²) in [5.74, 6) is 1.09. The van der Waals surface area contributed by atoms with E-state index in [1.165, 1.54) is 11.1 Å². The van der Waals surface area contributed by atoms with E-state index in [9.17, 15) is 0 Å². The van der Waals surface area contributed by atoms with Gasteiger partial charge in [0.1, 0.15) is 12.1 Å². The molecule has 24 heavy (non-hydrogen) atoms. The molecule has 0 unspecified atom stereocenters. The van der Waals surface area contributed by atoms with Crippen LogP contribution in [0.2, 0.25) is 0 Å². The second-order valence-electron chi connectivity index (χ2n) is 6.27. The molecule has 5 heteroatoms. The third-order valence-electron chi connectivity index (χ3n) is 4.64. The lowest BCUT2D eigenvalue weighted by atomic mass is 10.2. The Hall–Kier alpha value is -1.98. The van der Waals surface area contributed by atoms with E-state index in [1.54, 1.807) is 6.33 Å². The van der Waals surface area contributed by atoms with Gasteiger partial charge in [0, 0.05) is 44.0 Å². The Labute approximate surface area is 144 Å². The molecule has 1 fully saturated rings. The zero-order valence-corrected chi connectivity index (χ0v) is 14.6. The van der Waals surface area contributed by atoms with Gasteiger partial charge in [-0.05, 0) is 19.4 Å². The Morgan fingerprint density at radius 2 is 1.75 bits per heavy atom. The van der Waals surface area contributed by atoms with Crippen molar-refractivity contribution in [3.63, 3.8) is 0 Å². The average molecular weight is 326 g/mol. The van der Waals surface area contributed by atoms with Crippen LogP contribution in [0.5, 0.6) is 0 Å². The van der Waals surface area contributed by atoms with Gasteiger partial charge in [0.05, 0.1) is 13.2 Å². The summed E-state index contributed by atoms with van der Waals surface area (Å²) in [6.45, 7) is 10.7. The van der Waals surface area contributed by atoms with E-state index < -0.39 is 0 Å². The Bertz CT molecular complexity index is 639. The summed E-state index contributed by atoms with van der Waals surface area (Å²) in [6, 6.07) is 10.3. The third-order valence-corrected chi connectivity index (χ3v) is 4.64. The number of nitrogens with zero attached hydrogens (tertiary/aromatic N) is 4. The Morgan fingerprint density at radius 1 is 1.00 bits per heavy atom. The minimum absolute atomic E-state index is 0.695. The highest BCUT2D eigenvalue weighted by atomic mass is 16.5. The smallest absolute Gasteiger partial charge is 0.135 e. The van der Waals surface area contributed by atoms with Crippen LogP contribution in [-0.4, -0.2) is 54.2 Å². The van der Waals surface area contributed by atoms with Gasteiger partial charge in [0.25, 0.3) is 0 Å². The maximum atomic E-state index is 5.79. The summed E-state index contributed by atoms with van der Waals surface area (Å²) < 4.78 is 5.79. The first kappa shape index (κ1) is 16.9. The highest BCUT2D eigenvalue weighted by Gasteiger charge is 2.19. The van der Waals surface area contributed by atoms with Crippen molar-refractivity contribution in [1.82, 2.24) is 14.9 Å². The fraction of sp³-hybridized carbons (Fsp3) is 0.474. The second kappa shape index (κ2) is 8.22. The Balaban J connectivity index is 1.40. The number of benzene rings is 1. The molecule has 2 aromatic rings. The number of anilines is 1. The SMILES string of the molecule is Cc1ncnc(N2CCN(CCOCc3ccccc3)CC2)c1C. The molecule has 1 aliphatic heterocycles. The van der Waals surface area contributed by atoms with Gasteiger partial charge in [-0.2, -0.15) is 0 Å². The van der Waals surface area contributed by atoms with Gasteiger partial charge >= 0.3 is 0 Å². The van der Waals surface area contributed by atoms with E-state index in [2.05, 4.69) is 51.0 Å². The molecule has 5 nitrogen and oxygen atoms in total. The van der Waals surface area contributed by atoms with Crippen molar-refractivity contribution in [2.24, 2.45) is 0 Å². The molecular weight excluding hydrogens is 300 g/mol. The zero-order valence-electron chi connectivity index (χ0n) is 14.6. The van der Waals surface area contributed by atoms with Crippen LogP contribution >= 0.6 is 0 Å². The quantitative estimate of drug-likeness (QED) is 0.763. The topological polar surface area (TPSA) is 41.5 Å². The molecule has 0 saturated carbocycles. The van der Waals surface area contributed by atoms with Crippen molar-refractivity contribution in [3.8, 4) is 0 Å². The number of piperazine rings is 1. The molecule has 0 radical (unpaired) electrons. The molecule has 1 saturated heterocycles. The minimum Gasteiger partial charge on any atom is -0.375 e. The minimum atomic E-state index is 0.695. The van der Waals surface area contributed by atoms with Crippen molar-refractivity contribution in [2.75, 3.05) is 44.2 Å². The molecule has 1 aromatic heterocycles. The standard InChI is InChI=1S/C19H26N4O/c1-16-17(2)20-15-21-19(16)23-10-8-22(9-11-23)12-13-24-14-18-6-4-3-5-7-18/h3-7,15H,8-14H2,1-2H3. The molecule has 1 aromatic carbocycles. The summed E-state index contributed by atoms with van der Waals surface area (Å²) in [7, 11) is 0. The van der Waals surface area contributed by atoms with Crippen molar-refractivity contribution < 1.29 is 4.74 Å². The number of aromatic nitrogens is 2. The highest BCUT2D eigenvalue weighted by molar-refractivity contribution is 5.47. The monoisotopic (exact) mass is 326 g/mol. The fourth-order valence-corrected chi connectivity index (χ4v) is 2.99. The molecule has 1 aliphatic rings. The molecule has 0 aliphatic carbocycles. The largest absolute Gasteiger partial charge is 0.375 e. The maximum Gasteiger partial charge on any atom is 0.135 e. The lowest BCUT2D eigenvalue weighted by Crippen LogP contribution is -2.47. The molecule has 0 amide bonds. The molecular formula is C19H26N4O. The number of aryl methyl sites for hydroxylation is 1.